The number of methoxy groups -OCH3 is 1. The van der Waals surface area contributed by atoms with Crippen LogP contribution in [-0.4, -0.2) is 55.0 Å². The highest BCUT2D eigenvalue weighted by Crippen LogP contribution is 2.24. The molecular weight excluding hydrogens is 256 g/mol. The highest BCUT2D eigenvalue weighted by molar-refractivity contribution is 5.68. The van der Waals surface area contributed by atoms with E-state index >= 15 is 0 Å². The standard InChI is InChI=1S/C15H28N2O3/c1-15(2,3)20-14(18)17-7-5-11(6-8-17)16-12-9-13(10-12)19-4/h11-13,16H,5-10H2,1-4H3. The van der Waals surface area contributed by atoms with Crippen LogP contribution in [0.2, 0.25) is 0 Å². The van der Waals surface area contributed by atoms with Crippen LogP contribution in [0.5, 0.6) is 0 Å². The summed E-state index contributed by atoms with van der Waals surface area (Å²) in [6.07, 6.45) is 4.50. The summed E-state index contributed by atoms with van der Waals surface area (Å²) in [7, 11) is 1.78. The number of carbonyl (C=O) groups excluding carboxylic acids is 1. The normalized spacial score (nSPS) is 28.1. The van der Waals surface area contributed by atoms with Crippen LogP contribution in [0.4, 0.5) is 4.79 Å². The monoisotopic (exact) mass is 284 g/mol. The number of ether oxygens (including phenoxy) is 2. The number of hydrogen-bond acceptors (Lipinski definition) is 4. The second-order valence-corrected chi connectivity index (χ2v) is 6.93. The van der Waals surface area contributed by atoms with Crippen molar-refractivity contribution in [2.24, 2.45) is 0 Å². The first-order valence-corrected chi connectivity index (χ1v) is 7.64. The summed E-state index contributed by atoms with van der Waals surface area (Å²) >= 11 is 0. The lowest BCUT2D eigenvalue weighted by atomic mass is 9.88. The average Bonchev–Trinajstić information content (AvgIpc) is 2.31. The fourth-order valence-electron chi connectivity index (χ4n) is 2.78. The molecule has 116 valence electrons. The molecule has 2 rings (SSSR count). The van der Waals surface area contributed by atoms with Crippen molar-refractivity contribution in [2.45, 2.75) is 70.2 Å². The molecule has 5 heteroatoms. The number of hydrogen-bond donors (Lipinski definition) is 1. The van der Waals surface area contributed by atoms with E-state index in [1.165, 1.54) is 0 Å². The summed E-state index contributed by atoms with van der Waals surface area (Å²) < 4.78 is 10.7. The molecule has 0 radical (unpaired) electrons. The fraction of sp³-hybridized carbons (Fsp3) is 0.933. The topological polar surface area (TPSA) is 50.8 Å². The first kappa shape index (κ1) is 15.6. The Kier molecular flexibility index (Phi) is 4.91. The van der Waals surface area contributed by atoms with Gasteiger partial charge in [0.1, 0.15) is 5.60 Å². The quantitative estimate of drug-likeness (QED) is 0.863. The van der Waals surface area contributed by atoms with Crippen molar-refractivity contribution in [3.8, 4) is 0 Å². The zero-order chi connectivity index (χ0) is 14.8. The molecule has 0 aromatic carbocycles. The van der Waals surface area contributed by atoms with Gasteiger partial charge in [-0.1, -0.05) is 0 Å². The van der Waals surface area contributed by atoms with E-state index in [1.807, 2.05) is 25.7 Å². The Bertz CT molecular complexity index is 327. The van der Waals surface area contributed by atoms with E-state index in [4.69, 9.17) is 9.47 Å². The summed E-state index contributed by atoms with van der Waals surface area (Å²) in [5.74, 6) is 0. The van der Waals surface area contributed by atoms with E-state index in [1.54, 1.807) is 7.11 Å². The Morgan fingerprint density at radius 1 is 1.15 bits per heavy atom. The van der Waals surface area contributed by atoms with E-state index in [9.17, 15) is 4.79 Å². The molecule has 0 atom stereocenters. The first-order chi connectivity index (χ1) is 9.37. The van der Waals surface area contributed by atoms with E-state index in [0.29, 0.717) is 18.2 Å². The van der Waals surface area contributed by atoms with Gasteiger partial charge in [0, 0.05) is 32.3 Å². The van der Waals surface area contributed by atoms with Crippen molar-refractivity contribution >= 4 is 6.09 Å². The molecule has 1 heterocycles. The van der Waals surface area contributed by atoms with Crippen molar-refractivity contribution in [2.75, 3.05) is 20.2 Å². The minimum atomic E-state index is -0.409. The van der Waals surface area contributed by atoms with Gasteiger partial charge in [-0.3, -0.25) is 0 Å². The number of carbonyl (C=O) groups is 1. The molecule has 5 nitrogen and oxygen atoms in total. The molecule has 0 spiro atoms. The number of piperidine rings is 1. The largest absolute Gasteiger partial charge is 0.444 e. The lowest BCUT2D eigenvalue weighted by Crippen LogP contribution is -2.53. The molecular formula is C15H28N2O3. The molecule has 20 heavy (non-hydrogen) atoms. The first-order valence-electron chi connectivity index (χ1n) is 7.64. The second-order valence-electron chi connectivity index (χ2n) is 6.93. The molecule has 1 aliphatic heterocycles. The van der Waals surface area contributed by atoms with E-state index in [2.05, 4.69) is 5.32 Å². The number of rotatable bonds is 3. The van der Waals surface area contributed by atoms with Crippen molar-refractivity contribution in [3.05, 3.63) is 0 Å². The van der Waals surface area contributed by atoms with Crippen LogP contribution in [0.3, 0.4) is 0 Å². The zero-order valence-electron chi connectivity index (χ0n) is 13.1. The van der Waals surface area contributed by atoms with E-state index in [-0.39, 0.29) is 6.09 Å². The molecule has 0 aromatic rings. The van der Waals surface area contributed by atoms with Gasteiger partial charge in [-0.2, -0.15) is 0 Å². The van der Waals surface area contributed by atoms with Gasteiger partial charge in [0.2, 0.25) is 0 Å². The Labute approximate surface area is 122 Å². The predicted octanol–water partition coefficient (Wildman–Crippen LogP) is 2.15. The maximum absolute atomic E-state index is 12.0. The lowest BCUT2D eigenvalue weighted by Gasteiger charge is -2.40. The Balaban J connectivity index is 1.66. The van der Waals surface area contributed by atoms with Crippen molar-refractivity contribution in [1.82, 2.24) is 10.2 Å². The van der Waals surface area contributed by atoms with Crippen molar-refractivity contribution < 1.29 is 14.3 Å². The zero-order valence-corrected chi connectivity index (χ0v) is 13.1. The van der Waals surface area contributed by atoms with Crippen LogP contribution in [0, 0.1) is 0 Å². The molecule has 1 N–H and O–H groups in total. The smallest absolute Gasteiger partial charge is 0.410 e. The van der Waals surface area contributed by atoms with Gasteiger partial charge in [-0.15, -0.1) is 0 Å². The number of nitrogens with zero attached hydrogens (tertiary/aromatic N) is 1. The molecule has 0 aromatic heterocycles. The van der Waals surface area contributed by atoms with Gasteiger partial charge < -0.3 is 19.7 Å². The highest BCUT2D eigenvalue weighted by atomic mass is 16.6. The minimum Gasteiger partial charge on any atom is -0.444 e. The van der Waals surface area contributed by atoms with Crippen LogP contribution < -0.4 is 5.32 Å². The molecule has 1 aliphatic carbocycles. The number of nitrogens with one attached hydrogen (secondary N) is 1. The lowest BCUT2D eigenvalue weighted by molar-refractivity contribution is 0.00665. The SMILES string of the molecule is COC1CC(NC2CCN(C(=O)OC(C)(C)C)CC2)C1. The Morgan fingerprint density at radius 3 is 2.25 bits per heavy atom. The maximum atomic E-state index is 12.0. The van der Waals surface area contributed by atoms with Gasteiger partial charge in [0.15, 0.2) is 0 Å². The molecule has 1 saturated heterocycles. The summed E-state index contributed by atoms with van der Waals surface area (Å²) in [5.41, 5.74) is -0.409. The van der Waals surface area contributed by atoms with Gasteiger partial charge in [0.25, 0.3) is 0 Å². The summed E-state index contributed by atoms with van der Waals surface area (Å²) in [5, 5.41) is 3.67. The molecule has 0 bridgehead atoms. The van der Waals surface area contributed by atoms with Crippen LogP contribution in [0.25, 0.3) is 0 Å². The van der Waals surface area contributed by atoms with Gasteiger partial charge >= 0.3 is 6.09 Å². The van der Waals surface area contributed by atoms with E-state index < -0.39 is 5.60 Å². The maximum Gasteiger partial charge on any atom is 0.410 e. The number of amides is 1. The second kappa shape index (κ2) is 6.31. The molecule has 1 amide bonds. The van der Waals surface area contributed by atoms with Crippen LogP contribution in [0.1, 0.15) is 46.5 Å². The number of likely N-dealkylation sites (tertiary alicyclic amines) is 1. The summed E-state index contributed by atoms with van der Waals surface area (Å²) in [6, 6.07) is 1.12. The third-order valence-corrected chi connectivity index (χ3v) is 4.05. The third-order valence-electron chi connectivity index (χ3n) is 4.05. The molecule has 1 saturated carbocycles. The van der Waals surface area contributed by atoms with Crippen molar-refractivity contribution in [3.63, 3.8) is 0 Å². The van der Waals surface area contributed by atoms with Crippen molar-refractivity contribution in [1.29, 1.82) is 0 Å². The van der Waals surface area contributed by atoms with Crippen LogP contribution in [0.15, 0.2) is 0 Å². The molecule has 0 unspecified atom stereocenters. The van der Waals surface area contributed by atoms with E-state index in [0.717, 1.165) is 38.8 Å². The summed E-state index contributed by atoms with van der Waals surface area (Å²) in [4.78, 5) is 13.8. The van der Waals surface area contributed by atoms with Gasteiger partial charge in [0.05, 0.1) is 6.10 Å². The summed E-state index contributed by atoms with van der Waals surface area (Å²) in [6.45, 7) is 7.28. The Morgan fingerprint density at radius 2 is 1.75 bits per heavy atom. The third kappa shape index (κ3) is 4.35. The molecule has 2 fully saturated rings. The highest BCUT2D eigenvalue weighted by Gasteiger charge is 2.32. The minimum absolute atomic E-state index is 0.181. The van der Waals surface area contributed by atoms with Crippen LogP contribution >= 0.6 is 0 Å². The van der Waals surface area contributed by atoms with Gasteiger partial charge in [-0.25, -0.2) is 4.79 Å². The average molecular weight is 284 g/mol. The van der Waals surface area contributed by atoms with Gasteiger partial charge in [-0.05, 0) is 46.5 Å². The predicted molar refractivity (Wildman–Crippen MR) is 77.8 cm³/mol. The Hall–Kier alpha value is -0.810. The molecule has 2 aliphatic rings. The van der Waals surface area contributed by atoms with Crippen LogP contribution in [-0.2, 0) is 9.47 Å². The fourth-order valence-corrected chi connectivity index (χ4v) is 2.78.